The van der Waals surface area contributed by atoms with Crippen LogP contribution in [0.15, 0.2) is 53.3 Å². The number of fused-ring (bicyclic) bond motifs is 4. The molecule has 1 fully saturated rings. The molecule has 6 heteroatoms. The van der Waals surface area contributed by atoms with Crippen molar-refractivity contribution < 1.29 is 4.74 Å². The number of aromatic nitrogens is 3. The standard InChI is InChI=1S/C21H20N4O2/c26-21-20-19(22-16-6-2-3-7-17(16)23-20)15-5-1-4-8-18(15)25(21)10-9-24-11-13-27-14-12-24/h1-8H,9-14H2. The number of para-hydroxylation sites is 3. The number of morpholine rings is 1. The maximum absolute atomic E-state index is 13.3. The van der Waals surface area contributed by atoms with E-state index in [2.05, 4.69) is 9.88 Å². The fourth-order valence-corrected chi connectivity index (χ4v) is 3.77. The average Bonchev–Trinajstić information content (AvgIpc) is 2.73. The van der Waals surface area contributed by atoms with Crippen LogP contribution in [-0.2, 0) is 11.3 Å². The zero-order valence-electron chi connectivity index (χ0n) is 15.0. The van der Waals surface area contributed by atoms with Crippen molar-refractivity contribution in [3.63, 3.8) is 0 Å². The van der Waals surface area contributed by atoms with Crippen molar-refractivity contribution in [2.45, 2.75) is 6.54 Å². The molecule has 0 N–H and O–H groups in total. The molecule has 0 unspecified atom stereocenters. The lowest BCUT2D eigenvalue weighted by atomic mass is 10.1. The molecular weight excluding hydrogens is 340 g/mol. The lowest BCUT2D eigenvalue weighted by Gasteiger charge is -2.27. The predicted molar refractivity (Wildman–Crippen MR) is 106 cm³/mol. The summed E-state index contributed by atoms with van der Waals surface area (Å²) in [4.78, 5) is 25.0. The van der Waals surface area contributed by atoms with E-state index in [1.165, 1.54) is 0 Å². The third-order valence-electron chi connectivity index (χ3n) is 5.21. The van der Waals surface area contributed by atoms with Gasteiger partial charge in [0.25, 0.3) is 5.56 Å². The van der Waals surface area contributed by atoms with Gasteiger partial charge in [0.2, 0.25) is 0 Å². The van der Waals surface area contributed by atoms with Gasteiger partial charge in [-0.25, -0.2) is 9.97 Å². The highest BCUT2D eigenvalue weighted by Gasteiger charge is 2.16. The number of hydrogen-bond donors (Lipinski definition) is 0. The van der Waals surface area contributed by atoms with Crippen molar-refractivity contribution in [2.24, 2.45) is 0 Å². The first-order valence-corrected chi connectivity index (χ1v) is 9.29. The molecule has 0 spiro atoms. The third-order valence-corrected chi connectivity index (χ3v) is 5.21. The van der Waals surface area contributed by atoms with Crippen molar-refractivity contribution >= 4 is 33.0 Å². The molecule has 27 heavy (non-hydrogen) atoms. The quantitative estimate of drug-likeness (QED) is 0.415. The molecule has 1 aliphatic rings. The zero-order chi connectivity index (χ0) is 18.2. The largest absolute Gasteiger partial charge is 0.379 e. The molecule has 136 valence electrons. The Kier molecular flexibility index (Phi) is 4.07. The fraction of sp³-hybridized carbons (Fsp3) is 0.286. The van der Waals surface area contributed by atoms with Gasteiger partial charge in [-0.2, -0.15) is 0 Å². The normalized spacial score (nSPS) is 15.7. The highest BCUT2D eigenvalue weighted by molar-refractivity contribution is 6.04. The van der Waals surface area contributed by atoms with Crippen molar-refractivity contribution in [1.82, 2.24) is 19.4 Å². The number of rotatable bonds is 3. The second kappa shape index (κ2) is 6.72. The van der Waals surface area contributed by atoms with E-state index in [-0.39, 0.29) is 5.56 Å². The fourth-order valence-electron chi connectivity index (χ4n) is 3.77. The summed E-state index contributed by atoms with van der Waals surface area (Å²) in [6, 6.07) is 15.6. The highest BCUT2D eigenvalue weighted by Crippen LogP contribution is 2.22. The average molecular weight is 360 g/mol. The van der Waals surface area contributed by atoms with Gasteiger partial charge in [-0.1, -0.05) is 30.3 Å². The van der Waals surface area contributed by atoms with E-state index >= 15 is 0 Å². The summed E-state index contributed by atoms with van der Waals surface area (Å²) in [7, 11) is 0. The molecule has 0 atom stereocenters. The maximum Gasteiger partial charge on any atom is 0.279 e. The molecule has 2 aromatic heterocycles. The van der Waals surface area contributed by atoms with Crippen LogP contribution in [0.4, 0.5) is 0 Å². The molecule has 3 heterocycles. The first kappa shape index (κ1) is 16.4. The van der Waals surface area contributed by atoms with Crippen LogP contribution in [0.2, 0.25) is 0 Å². The molecule has 0 saturated carbocycles. The number of hydrogen-bond acceptors (Lipinski definition) is 5. The Labute approximate surface area is 156 Å². The Hall–Kier alpha value is -2.83. The Morgan fingerprint density at radius 2 is 1.52 bits per heavy atom. The van der Waals surface area contributed by atoms with Crippen LogP contribution in [0.1, 0.15) is 0 Å². The summed E-state index contributed by atoms with van der Waals surface area (Å²) in [5.41, 5.74) is 3.51. The van der Waals surface area contributed by atoms with E-state index in [1.807, 2.05) is 53.1 Å². The zero-order valence-corrected chi connectivity index (χ0v) is 15.0. The first-order chi connectivity index (χ1) is 13.3. The van der Waals surface area contributed by atoms with Crippen LogP contribution >= 0.6 is 0 Å². The molecule has 5 rings (SSSR count). The molecule has 2 aromatic carbocycles. The van der Waals surface area contributed by atoms with E-state index in [0.29, 0.717) is 17.6 Å². The van der Waals surface area contributed by atoms with E-state index in [4.69, 9.17) is 9.72 Å². The summed E-state index contributed by atoms with van der Waals surface area (Å²) in [6.07, 6.45) is 0. The van der Waals surface area contributed by atoms with Crippen molar-refractivity contribution in [3.05, 3.63) is 58.9 Å². The Morgan fingerprint density at radius 3 is 2.30 bits per heavy atom. The van der Waals surface area contributed by atoms with Gasteiger partial charge in [-0.05, 0) is 18.2 Å². The van der Waals surface area contributed by atoms with Gasteiger partial charge in [0.1, 0.15) is 5.52 Å². The van der Waals surface area contributed by atoms with Gasteiger partial charge in [-0.15, -0.1) is 0 Å². The number of benzene rings is 2. The van der Waals surface area contributed by atoms with Crippen molar-refractivity contribution in [3.8, 4) is 0 Å². The minimum Gasteiger partial charge on any atom is -0.379 e. The molecule has 0 radical (unpaired) electrons. The molecule has 1 aliphatic heterocycles. The molecule has 6 nitrogen and oxygen atoms in total. The second-order valence-corrected chi connectivity index (χ2v) is 6.84. The Morgan fingerprint density at radius 1 is 0.852 bits per heavy atom. The Balaban J connectivity index is 1.69. The van der Waals surface area contributed by atoms with Crippen LogP contribution < -0.4 is 5.56 Å². The molecule has 1 saturated heterocycles. The van der Waals surface area contributed by atoms with Gasteiger partial charge in [0.05, 0.1) is 29.8 Å². The Bertz CT molecular complexity index is 1200. The molecule has 0 amide bonds. The van der Waals surface area contributed by atoms with E-state index in [0.717, 1.165) is 54.8 Å². The van der Waals surface area contributed by atoms with Crippen LogP contribution in [-0.4, -0.2) is 52.3 Å². The lowest BCUT2D eigenvalue weighted by molar-refractivity contribution is 0.0364. The molecule has 4 aromatic rings. The van der Waals surface area contributed by atoms with E-state index in [9.17, 15) is 4.79 Å². The monoisotopic (exact) mass is 360 g/mol. The van der Waals surface area contributed by atoms with Crippen LogP contribution in [0, 0.1) is 0 Å². The van der Waals surface area contributed by atoms with Crippen molar-refractivity contribution in [1.29, 1.82) is 0 Å². The topological polar surface area (TPSA) is 60.2 Å². The van der Waals surface area contributed by atoms with Gasteiger partial charge in [0.15, 0.2) is 5.52 Å². The SMILES string of the molecule is O=c1c2nc3ccccc3nc2c2ccccc2n1CCN1CCOCC1. The number of ether oxygens (including phenoxy) is 1. The van der Waals surface area contributed by atoms with E-state index < -0.39 is 0 Å². The summed E-state index contributed by atoms with van der Waals surface area (Å²) >= 11 is 0. The molecule has 0 aliphatic carbocycles. The number of pyridine rings is 1. The summed E-state index contributed by atoms with van der Waals surface area (Å²) in [6.45, 7) is 4.77. The van der Waals surface area contributed by atoms with Crippen LogP contribution in [0.3, 0.4) is 0 Å². The number of nitrogens with zero attached hydrogens (tertiary/aromatic N) is 4. The minimum atomic E-state index is -0.0739. The van der Waals surface area contributed by atoms with Crippen molar-refractivity contribution in [2.75, 3.05) is 32.8 Å². The van der Waals surface area contributed by atoms with Gasteiger partial charge < -0.3 is 9.30 Å². The molecular formula is C21H20N4O2. The molecule has 0 bridgehead atoms. The van der Waals surface area contributed by atoms with E-state index in [1.54, 1.807) is 0 Å². The second-order valence-electron chi connectivity index (χ2n) is 6.84. The lowest BCUT2D eigenvalue weighted by Crippen LogP contribution is -2.39. The van der Waals surface area contributed by atoms with Crippen LogP contribution in [0.5, 0.6) is 0 Å². The van der Waals surface area contributed by atoms with Gasteiger partial charge >= 0.3 is 0 Å². The predicted octanol–water partition coefficient (Wildman–Crippen LogP) is 2.43. The summed E-state index contributed by atoms with van der Waals surface area (Å²) in [5.74, 6) is 0. The summed E-state index contributed by atoms with van der Waals surface area (Å²) in [5, 5.41) is 0.965. The van der Waals surface area contributed by atoms with Gasteiger partial charge in [-0.3, -0.25) is 9.69 Å². The summed E-state index contributed by atoms with van der Waals surface area (Å²) < 4.78 is 7.26. The van der Waals surface area contributed by atoms with Crippen LogP contribution in [0.25, 0.3) is 33.0 Å². The third kappa shape index (κ3) is 2.87. The maximum atomic E-state index is 13.3. The minimum absolute atomic E-state index is 0.0739. The first-order valence-electron chi connectivity index (χ1n) is 9.29. The smallest absolute Gasteiger partial charge is 0.279 e. The van der Waals surface area contributed by atoms with Gasteiger partial charge in [0, 0.05) is 31.6 Å². The highest BCUT2D eigenvalue weighted by atomic mass is 16.5.